The van der Waals surface area contributed by atoms with Crippen molar-refractivity contribution in [3.8, 4) is 40.7 Å². The van der Waals surface area contributed by atoms with Crippen molar-refractivity contribution in [2.45, 2.75) is 26.2 Å². The Bertz CT molecular complexity index is 2140. The predicted molar refractivity (Wildman–Crippen MR) is 167 cm³/mol. The molecule has 0 saturated heterocycles. The number of rotatable bonds is 3. The molecule has 0 bridgehead atoms. The smallest absolute Gasteiger partial charge is 0.138 e. The fourth-order valence-corrected chi connectivity index (χ4v) is 7.17. The summed E-state index contributed by atoms with van der Waals surface area (Å²) in [5.74, 6) is 2.50. The zero-order chi connectivity index (χ0) is 27.6. The summed E-state index contributed by atoms with van der Waals surface area (Å²) < 4.78 is 3.47. The summed E-state index contributed by atoms with van der Waals surface area (Å²) in [4.78, 5) is 6.09. The molecule has 0 saturated carbocycles. The maximum atomic E-state index is 9.39. The normalized spacial score (nSPS) is 14.6. The Morgan fingerprint density at radius 1 is 0.950 bits per heavy atom. The minimum atomic E-state index is -0.244. The average molecular weight is 532 g/mol. The first-order chi connectivity index (χ1) is 19.4. The number of pyridine rings is 1. The third-order valence-electron chi connectivity index (χ3n) is 8.21. The van der Waals surface area contributed by atoms with Gasteiger partial charge in [-0.2, -0.15) is 5.26 Å². The Labute approximate surface area is 237 Å². The van der Waals surface area contributed by atoms with Gasteiger partial charge in [-0.3, -0.25) is 4.40 Å². The van der Waals surface area contributed by atoms with Gasteiger partial charge in [-0.05, 0) is 81.8 Å². The van der Waals surface area contributed by atoms with Crippen LogP contribution in [0, 0.1) is 23.7 Å². The molecule has 4 heteroatoms. The summed E-state index contributed by atoms with van der Waals surface area (Å²) in [5, 5.41) is 10.6. The number of nitriles is 1. The first-order valence-electron chi connectivity index (χ1n) is 13.2. The lowest BCUT2D eigenvalue weighted by Crippen LogP contribution is -2.16. The van der Waals surface area contributed by atoms with E-state index in [9.17, 15) is 5.26 Å². The summed E-state index contributed by atoms with van der Waals surface area (Å²) in [6.45, 7) is 6.52. The molecule has 3 aromatic heterocycles. The van der Waals surface area contributed by atoms with E-state index in [0.717, 1.165) is 22.3 Å². The van der Waals surface area contributed by atoms with Crippen LogP contribution in [0.5, 0.6) is 0 Å². The van der Waals surface area contributed by atoms with Crippen molar-refractivity contribution >= 4 is 43.0 Å². The van der Waals surface area contributed by atoms with E-state index in [1.54, 1.807) is 11.3 Å². The number of allylic oxidation sites excluding steroid dienone is 4. The first kappa shape index (κ1) is 24.2. The molecule has 1 aliphatic carbocycles. The standard InChI is InChI=1S/C36H25N3S/c1-5-23(20-37)18-30-22(2)28-16-14-26(19-31(28)36(30,3)4)24-10-12-25(13-11-24)27-15-17-33-38-34-29-8-6-7-9-32(29)40-35(34)39(33)21-27/h1,6-19,21H,2-4H3/b23-18+. The molecule has 7 rings (SSSR count). The number of imidazole rings is 1. The van der Waals surface area contributed by atoms with Crippen LogP contribution in [0.15, 0.2) is 102 Å². The summed E-state index contributed by atoms with van der Waals surface area (Å²) in [7, 11) is 0. The zero-order valence-corrected chi connectivity index (χ0v) is 23.3. The molecule has 3 heterocycles. The highest BCUT2D eigenvalue weighted by Gasteiger charge is 2.35. The van der Waals surface area contributed by atoms with Crippen LogP contribution in [0.3, 0.4) is 0 Å². The van der Waals surface area contributed by atoms with Gasteiger partial charge in [-0.15, -0.1) is 17.8 Å². The second kappa shape index (κ2) is 8.82. The van der Waals surface area contributed by atoms with Crippen molar-refractivity contribution in [1.82, 2.24) is 9.38 Å². The number of fused-ring (bicyclic) bond motifs is 6. The molecule has 1 aliphatic rings. The molecule has 0 amide bonds. The number of hydrogen-bond acceptors (Lipinski definition) is 3. The van der Waals surface area contributed by atoms with Gasteiger partial charge in [-0.25, -0.2) is 4.98 Å². The van der Waals surface area contributed by atoms with Crippen molar-refractivity contribution < 1.29 is 0 Å². The molecule has 0 unspecified atom stereocenters. The number of nitrogens with zero attached hydrogens (tertiary/aromatic N) is 3. The summed E-state index contributed by atoms with van der Waals surface area (Å²) >= 11 is 1.78. The second-order valence-electron chi connectivity index (χ2n) is 10.8. The fourth-order valence-electron chi connectivity index (χ4n) is 6.04. The van der Waals surface area contributed by atoms with Crippen LogP contribution in [0.25, 0.3) is 53.9 Å². The Kier molecular flexibility index (Phi) is 5.33. The SMILES string of the molecule is C#C/C(C#N)=C\C1=C(C)c2ccc(-c3ccc(-c4ccc5nc6c7ccccc7sc6n5c4)cc3)cc2C1(C)C. The quantitative estimate of drug-likeness (QED) is 0.169. The minimum absolute atomic E-state index is 0.244. The molecule has 190 valence electrons. The van der Waals surface area contributed by atoms with Crippen molar-refractivity contribution in [2.24, 2.45) is 0 Å². The van der Waals surface area contributed by atoms with E-state index in [1.165, 1.54) is 48.3 Å². The lowest BCUT2D eigenvalue weighted by Gasteiger charge is -2.23. The highest BCUT2D eigenvalue weighted by Crippen LogP contribution is 2.48. The van der Waals surface area contributed by atoms with E-state index >= 15 is 0 Å². The van der Waals surface area contributed by atoms with Crippen LogP contribution in [0.4, 0.5) is 0 Å². The topological polar surface area (TPSA) is 41.1 Å². The Morgan fingerprint density at radius 3 is 2.40 bits per heavy atom. The summed E-state index contributed by atoms with van der Waals surface area (Å²) in [6.07, 6.45) is 9.61. The lowest BCUT2D eigenvalue weighted by atomic mass is 9.79. The summed E-state index contributed by atoms with van der Waals surface area (Å²) in [5.41, 5.74) is 11.6. The van der Waals surface area contributed by atoms with Crippen LogP contribution in [0.2, 0.25) is 0 Å². The highest BCUT2D eigenvalue weighted by atomic mass is 32.1. The number of thiophene rings is 1. The van der Waals surface area contributed by atoms with E-state index in [2.05, 4.69) is 122 Å². The first-order valence-corrected chi connectivity index (χ1v) is 14.1. The molecule has 3 nitrogen and oxygen atoms in total. The van der Waals surface area contributed by atoms with Crippen molar-refractivity contribution in [3.63, 3.8) is 0 Å². The lowest BCUT2D eigenvalue weighted by molar-refractivity contribution is 0.654. The molecule has 0 N–H and O–H groups in total. The molecule has 0 fully saturated rings. The second-order valence-corrected chi connectivity index (χ2v) is 11.9. The van der Waals surface area contributed by atoms with Crippen molar-refractivity contribution in [3.05, 3.63) is 113 Å². The van der Waals surface area contributed by atoms with Crippen LogP contribution < -0.4 is 0 Å². The molecule has 0 aliphatic heterocycles. The third kappa shape index (κ3) is 3.54. The van der Waals surface area contributed by atoms with Gasteiger partial charge < -0.3 is 0 Å². The van der Waals surface area contributed by atoms with E-state index in [1.807, 2.05) is 6.08 Å². The van der Waals surface area contributed by atoms with Gasteiger partial charge in [0.2, 0.25) is 0 Å². The number of aromatic nitrogens is 2. The van der Waals surface area contributed by atoms with Gasteiger partial charge in [0.15, 0.2) is 0 Å². The molecule has 6 aromatic rings. The molecule has 0 radical (unpaired) electrons. The van der Waals surface area contributed by atoms with E-state index in [0.29, 0.717) is 5.57 Å². The monoisotopic (exact) mass is 531 g/mol. The van der Waals surface area contributed by atoms with Crippen molar-refractivity contribution in [2.75, 3.05) is 0 Å². The van der Waals surface area contributed by atoms with Crippen molar-refractivity contribution in [1.29, 1.82) is 5.26 Å². The average Bonchev–Trinajstić information content (AvgIpc) is 3.58. The molecular formula is C36H25N3S. The third-order valence-corrected chi connectivity index (χ3v) is 9.37. The Balaban J connectivity index is 1.24. The van der Waals surface area contributed by atoms with Crippen LogP contribution >= 0.6 is 11.3 Å². The maximum Gasteiger partial charge on any atom is 0.138 e. The van der Waals surface area contributed by atoms with E-state index < -0.39 is 0 Å². The predicted octanol–water partition coefficient (Wildman–Crippen LogP) is 9.18. The number of benzene rings is 3. The van der Waals surface area contributed by atoms with Crippen LogP contribution in [-0.4, -0.2) is 9.38 Å². The zero-order valence-electron chi connectivity index (χ0n) is 22.5. The number of hydrogen-bond donors (Lipinski definition) is 0. The van der Waals surface area contributed by atoms with Gasteiger partial charge in [0.05, 0.1) is 0 Å². The molecule has 3 aromatic carbocycles. The van der Waals surface area contributed by atoms with Gasteiger partial charge in [-0.1, -0.05) is 74.4 Å². The number of terminal acetylenes is 1. The maximum absolute atomic E-state index is 9.39. The summed E-state index contributed by atoms with van der Waals surface area (Å²) in [6, 6.07) is 30.3. The van der Waals surface area contributed by atoms with Gasteiger partial charge in [0, 0.05) is 21.7 Å². The Hall–Kier alpha value is -4.90. The largest absolute Gasteiger partial charge is 0.290 e. The van der Waals surface area contributed by atoms with Crippen LogP contribution in [-0.2, 0) is 5.41 Å². The van der Waals surface area contributed by atoms with Gasteiger partial charge >= 0.3 is 0 Å². The molecule has 40 heavy (non-hydrogen) atoms. The minimum Gasteiger partial charge on any atom is -0.290 e. The highest BCUT2D eigenvalue weighted by molar-refractivity contribution is 7.25. The van der Waals surface area contributed by atoms with Gasteiger partial charge in [0.25, 0.3) is 0 Å². The molecular weight excluding hydrogens is 506 g/mol. The Morgan fingerprint density at radius 2 is 1.65 bits per heavy atom. The van der Waals surface area contributed by atoms with E-state index in [-0.39, 0.29) is 5.41 Å². The van der Waals surface area contributed by atoms with Crippen LogP contribution in [0.1, 0.15) is 31.9 Å². The fraction of sp³-hybridized carbons (Fsp3) is 0.111. The molecule has 0 atom stereocenters. The molecule has 0 spiro atoms. The van der Waals surface area contributed by atoms with E-state index in [4.69, 9.17) is 11.4 Å². The van der Waals surface area contributed by atoms with Gasteiger partial charge in [0.1, 0.15) is 27.6 Å².